The molecule has 0 fully saturated rings. The van der Waals surface area contributed by atoms with Crippen LogP contribution in [0.1, 0.15) is 5.56 Å². The summed E-state index contributed by atoms with van der Waals surface area (Å²) < 4.78 is 0. The first-order valence-electron chi connectivity index (χ1n) is 5.09. The number of benzene rings is 1. The summed E-state index contributed by atoms with van der Waals surface area (Å²) in [6, 6.07) is 6.31. The van der Waals surface area contributed by atoms with E-state index in [9.17, 15) is 4.79 Å². The highest BCUT2D eigenvalue weighted by Crippen LogP contribution is 2.10. The molecule has 1 atom stereocenters. The summed E-state index contributed by atoms with van der Waals surface area (Å²) in [5.41, 5.74) is 12.6. The van der Waals surface area contributed by atoms with Crippen molar-refractivity contribution in [1.82, 2.24) is 0 Å². The van der Waals surface area contributed by atoms with Crippen LogP contribution in [0.5, 0.6) is 0 Å². The fourth-order valence-electron chi connectivity index (χ4n) is 1.27. The van der Waals surface area contributed by atoms with Gasteiger partial charge in [0, 0.05) is 12.7 Å². The van der Waals surface area contributed by atoms with Crippen molar-refractivity contribution >= 4 is 17.6 Å². The third-order valence-electron chi connectivity index (χ3n) is 2.24. The number of nitrogens with two attached hydrogens (primary N) is 2. The van der Waals surface area contributed by atoms with Crippen molar-refractivity contribution in [2.75, 3.05) is 12.4 Å². The molecule has 0 heterocycles. The van der Waals surface area contributed by atoms with E-state index in [1.807, 2.05) is 0 Å². The summed E-state index contributed by atoms with van der Waals surface area (Å²) in [6.07, 6.45) is 0.299. The van der Waals surface area contributed by atoms with Crippen LogP contribution in [0.2, 0.25) is 0 Å². The molecule has 6 N–H and O–H groups in total. The van der Waals surface area contributed by atoms with Crippen LogP contribution in [0, 0.1) is 0 Å². The Morgan fingerprint density at radius 2 is 2.06 bits per heavy atom. The van der Waals surface area contributed by atoms with Gasteiger partial charge in [0.1, 0.15) is 6.04 Å². The van der Waals surface area contributed by atoms with E-state index in [1.165, 1.54) is 0 Å². The monoisotopic (exact) mass is 236 g/mol. The van der Waals surface area contributed by atoms with E-state index in [-0.39, 0.29) is 0 Å². The standard InChI is InChI=1S/C11H16N4O2/c1-14-11(13)15-8-4-2-7(3-5-8)6-9(12)10(16)17/h2-5,9H,6,12H2,1H3,(H,16,17)(H3,13,14,15)/t9-/m0/s1. The van der Waals surface area contributed by atoms with E-state index in [0.717, 1.165) is 11.3 Å². The van der Waals surface area contributed by atoms with Crippen LogP contribution >= 0.6 is 0 Å². The van der Waals surface area contributed by atoms with Crippen molar-refractivity contribution in [3.63, 3.8) is 0 Å². The average Bonchev–Trinajstić information content (AvgIpc) is 2.31. The van der Waals surface area contributed by atoms with Gasteiger partial charge < -0.3 is 21.9 Å². The van der Waals surface area contributed by atoms with E-state index < -0.39 is 12.0 Å². The SMILES string of the molecule is C/N=C(\N)Nc1ccc(C[C@H](N)C(=O)O)cc1. The van der Waals surface area contributed by atoms with Crippen molar-refractivity contribution in [3.8, 4) is 0 Å². The van der Waals surface area contributed by atoms with Gasteiger partial charge in [-0.2, -0.15) is 0 Å². The Morgan fingerprint density at radius 3 is 2.53 bits per heavy atom. The number of rotatable bonds is 4. The van der Waals surface area contributed by atoms with Crippen LogP contribution in [0.4, 0.5) is 5.69 Å². The Balaban J connectivity index is 2.65. The Labute approximate surface area is 99.3 Å². The van der Waals surface area contributed by atoms with Crippen LogP contribution in [0.25, 0.3) is 0 Å². The van der Waals surface area contributed by atoms with Crippen molar-refractivity contribution in [2.24, 2.45) is 16.5 Å². The maximum atomic E-state index is 10.6. The average molecular weight is 236 g/mol. The number of nitrogens with zero attached hydrogens (tertiary/aromatic N) is 1. The number of aliphatic carboxylic acids is 1. The highest BCUT2D eigenvalue weighted by molar-refractivity contribution is 5.92. The molecular formula is C11H16N4O2. The number of carbonyl (C=O) groups is 1. The fourth-order valence-corrected chi connectivity index (χ4v) is 1.27. The molecule has 1 aromatic rings. The first kappa shape index (κ1) is 13.0. The molecule has 0 radical (unpaired) electrons. The van der Waals surface area contributed by atoms with E-state index in [4.69, 9.17) is 16.6 Å². The van der Waals surface area contributed by atoms with E-state index in [1.54, 1.807) is 31.3 Å². The van der Waals surface area contributed by atoms with Gasteiger partial charge in [-0.15, -0.1) is 0 Å². The molecule has 0 amide bonds. The predicted molar refractivity (Wildman–Crippen MR) is 66.9 cm³/mol. The zero-order valence-electron chi connectivity index (χ0n) is 9.55. The smallest absolute Gasteiger partial charge is 0.320 e. The van der Waals surface area contributed by atoms with Gasteiger partial charge in [0.2, 0.25) is 0 Å². The third-order valence-corrected chi connectivity index (χ3v) is 2.24. The van der Waals surface area contributed by atoms with Crippen LogP contribution in [0.3, 0.4) is 0 Å². The molecule has 92 valence electrons. The molecule has 1 aromatic carbocycles. The van der Waals surface area contributed by atoms with E-state index in [0.29, 0.717) is 12.4 Å². The number of aliphatic imine (C=N–C) groups is 1. The van der Waals surface area contributed by atoms with Crippen molar-refractivity contribution in [3.05, 3.63) is 29.8 Å². The lowest BCUT2D eigenvalue weighted by Gasteiger charge is -2.08. The molecule has 0 aliphatic heterocycles. The molecule has 1 rings (SSSR count). The molecule has 17 heavy (non-hydrogen) atoms. The second kappa shape index (κ2) is 5.86. The molecule has 6 heteroatoms. The van der Waals surface area contributed by atoms with E-state index in [2.05, 4.69) is 10.3 Å². The number of carboxylic acid groups (broad SMARTS) is 1. The van der Waals surface area contributed by atoms with Crippen molar-refractivity contribution in [1.29, 1.82) is 0 Å². The molecule has 0 saturated heterocycles. The number of guanidine groups is 1. The van der Waals surface area contributed by atoms with Gasteiger partial charge in [-0.3, -0.25) is 9.79 Å². The van der Waals surface area contributed by atoms with E-state index >= 15 is 0 Å². The van der Waals surface area contributed by atoms with Crippen LogP contribution in [-0.2, 0) is 11.2 Å². The molecule has 0 aromatic heterocycles. The van der Waals surface area contributed by atoms with Gasteiger partial charge in [-0.1, -0.05) is 12.1 Å². The highest BCUT2D eigenvalue weighted by Gasteiger charge is 2.11. The van der Waals surface area contributed by atoms with Crippen LogP contribution < -0.4 is 16.8 Å². The third kappa shape index (κ3) is 4.12. The zero-order chi connectivity index (χ0) is 12.8. The van der Waals surface area contributed by atoms with Crippen molar-refractivity contribution < 1.29 is 9.90 Å². The lowest BCUT2D eigenvalue weighted by molar-refractivity contribution is -0.138. The summed E-state index contributed by atoms with van der Waals surface area (Å²) in [5.74, 6) is -0.686. The minimum Gasteiger partial charge on any atom is -0.480 e. The Morgan fingerprint density at radius 1 is 1.47 bits per heavy atom. The maximum absolute atomic E-state index is 10.6. The summed E-state index contributed by atoms with van der Waals surface area (Å²) in [6.45, 7) is 0. The quantitative estimate of drug-likeness (QED) is 0.434. The Kier molecular flexibility index (Phi) is 4.47. The number of carboxylic acids is 1. The summed E-state index contributed by atoms with van der Waals surface area (Å²) in [4.78, 5) is 14.3. The molecule has 0 saturated carbocycles. The van der Waals surface area contributed by atoms with Gasteiger partial charge in [-0.25, -0.2) is 0 Å². The van der Waals surface area contributed by atoms with Gasteiger partial charge in [0.25, 0.3) is 0 Å². The number of hydrogen-bond acceptors (Lipinski definition) is 3. The first-order chi connectivity index (χ1) is 8.02. The Bertz CT molecular complexity index is 414. The van der Waals surface area contributed by atoms with Crippen LogP contribution in [-0.4, -0.2) is 30.1 Å². The molecular weight excluding hydrogens is 220 g/mol. The lowest BCUT2D eigenvalue weighted by Crippen LogP contribution is -2.32. The zero-order valence-corrected chi connectivity index (χ0v) is 9.55. The summed E-state index contributed by atoms with van der Waals surface area (Å²) in [5, 5.41) is 11.6. The minimum absolute atomic E-state index is 0.299. The topological polar surface area (TPSA) is 114 Å². The lowest BCUT2D eigenvalue weighted by atomic mass is 10.1. The second-order valence-electron chi connectivity index (χ2n) is 3.58. The number of hydrogen-bond donors (Lipinski definition) is 4. The molecule has 0 spiro atoms. The molecule has 0 bridgehead atoms. The Hall–Kier alpha value is -2.08. The summed E-state index contributed by atoms with van der Waals surface area (Å²) in [7, 11) is 1.59. The van der Waals surface area contributed by atoms with Gasteiger partial charge in [0.05, 0.1) is 0 Å². The molecule has 0 aliphatic rings. The number of nitrogens with one attached hydrogen (secondary N) is 1. The highest BCUT2D eigenvalue weighted by atomic mass is 16.4. The fraction of sp³-hybridized carbons (Fsp3) is 0.273. The molecule has 0 unspecified atom stereocenters. The molecule has 0 aliphatic carbocycles. The normalized spacial score (nSPS) is 13.2. The molecule has 6 nitrogen and oxygen atoms in total. The predicted octanol–water partition coefficient (Wildman–Crippen LogP) is -0.00260. The van der Waals surface area contributed by atoms with Gasteiger partial charge in [0.15, 0.2) is 5.96 Å². The number of anilines is 1. The van der Waals surface area contributed by atoms with Crippen LogP contribution in [0.15, 0.2) is 29.3 Å². The van der Waals surface area contributed by atoms with Gasteiger partial charge in [-0.05, 0) is 24.1 Å². The van der Waals surface area contributed by atoms with Crippen molar-refractivity contribution in [2.45, 2.75) is 12.5 Å². The minimum atomic E-state index is -1.01. The first-order valence-corrected chi connectivity index (χ1v) is 5.09. The summed E-state index contributed by atoms with van der Waals surface area (Å²) >= 11 is 0. The maximum Gasteiger partial charge on any atom is 0.320 e. The largest absolute Gasteiger partial charge is 0.480 e. The van der Waals surface area contributed by atoms with Gasteiger partial charge >= 0.3 is 5.97 Å². The second-order valence-corrected chi connectivity index (χ2v) is 3.58.